The molecule has 0 spiro atoms. The lowest BCUT2D eigenvalue weighted by Gasteiger charge is -2.08. The van der Waals surface area contributed by atoms with Gasteiger partial charge >= 0.3 is 0 Å². The van der Waals surface area contributed by atoms with Crippen LogP contribution >= 0.6 is 0 Å². The quantitative estimate of drug-likeness (QED) is 0.770. The average Bonchev–Trinajstić information content (AvgIpc) is 2.59. The average molecular weight is 236 g/mol. The molecule has 1 saturated heterocycles. The van der Waals surface area contributed by atoms with E-state index in [1.807, 2.05) is 6.07 Å². The molecule has 5 heteroatoms. The predicted octanol–water partition coefficient (Wildman–Crippen LogP) is 1.07. The van der Waals surface area contributed by atoms with Gasteiger partial charge in [-0.3, -0.25) is 0 Å². The number of hydrogen-bond donors (Lipinski definition) is 0. The van der Waals surface area contributed by atoms with E-state index in [4.69, 9.17) is 5.26 Å². The number of hydrogen-bond acceptors (Lipinski definition) is 4. The van der Waals surface area contributed by atoms with Crippen LogP contribution in [0.5, 0.6) is 0 Å². The van der Waals surface area contributed by atoms with Crippen molar-refractivity contribution in [3.63, 3.8) is 0 Å². The molecule has 84 valence electrons. The van der Waals surface area contributed by atoms with Crippen LogP contribution in [0.2, 0.25) is 0 Å². The Kier molecular flexibility index (Phi) is 2.92. The van der Waals surface area contributed by atoms with Crippen LogP contribution in [0.15, 0.2) is 18.3 Å². The summed E-state index contributed by atoms with van der Waals surface area (Å²) in [5, 5.41) is 8.33. The number of rotatable bonds is 2. The van der Waals surface area contributed by atoms with Crippen LogP contribution in [0, 0.1) is 11.3 Å². The van der Waals surface area contributed by atoms with Crippen LogP contribution < -0.4 is 0 Å². The molecule has 2 heterocycles. The largest absolute Gasteiger partial charge is 0.245 e. The highest BCUT2D eigenvalue weighted by atomic mass is 32.2. The summed E-state index contributed by atoms with van der Waals surface area (Å²) < 4.78 is 23.2. The molecule has 1 fully saturated rings. The number of nitrogens with zero attached hydrogens (tertiary/aromatic N) is 2. The molecule has 1 aromatic heterocycles. The third-order valence-corrected chi connectivity index (χ3v) is 5.14. The Labute approximate surface area is 94.9 Å². The van der Waals surface area contributed by atoms with Gasteiger partial charge in [0.2, 0.25) is 0 Å². The Hall–Kier alpha value is -1.41. The van der Waals surface area contributed by atoms with Gasteiger partial charge in [0.25, 0.3) is 0 Å². The fourth-order valence-electron chi connectivity index (χ4n) is 1.96. The summed E-state index contributed by atoms with van der Waals surface area (Å²) in [6.07, 6.45) is 3.60. The van der Waals surface area contributed by atoms with Gasteiger partial charge in [-0.25, -0.2) is 13.4 Å². The van der Waals surface area contributed by atoms with E-state index in [0.717, 1.165) is 18.4 Å². The van der Waals surface area contributed by atoms with Crippen molar-refractivity contribution in [2.24, 2.45) is 0 Å². The van der Waals surface area contributed by atoms with Crippen molar-refractivity contribution in [3.05, 3.63) is 29.6 Å². The Morgan fingerprint density at radius 3 is 2.81 bits per heavy atom. The minimum Gasteiger partial charge on any atom is -0.245 e. The van der Waals surface area contributed by atoms with Gasteiger partial charge in [0.05, 0.1) is 11.0 Å². The predicted molar refractivity (Wildman–Crippen MR) is 59.5 cm³/mol. The van der Waals surface area contributed by atoms with Gasteiger partial charge in [-0.2, -0.15) is 5.26 Å². The molecule has 0 bridgehead atoms. The summed E-state index contributed by atoms with van der Waals surface area (Å²) >= 11 is 0. The van der Waals surface area contributed by atoms with E-state index in [0.29, 0.717) is 17.9 Å². The molecular formula is C11H12N2O2S. The summed E-state index contributed by atoms with van der Waals surface area (Å²) in [7, 11) is -2.89. The molecule has 4 nitrogen and oxygen atoms in total. The topological polar surface area (TPSA) is 70.8 Å². The fraction of sp³-hybridized carbons (Fsp3) is 0.455. The monoisotopic (exact) mass is 236 g/mol. The lowest BCUT2D eigenvalue weighted by molar-refractivity contribution is 0.588. The van der Waals surface area contributed by atoms with Crippen molar-refractivity contribution in [3.8, 4) is 6.07 Å². The zero-order chi connectivity index (χ0) is 11.6. The molecule has 1 atom stereocenters. The highest BCUT2D eigenvalue weighted by Crippen LogP contribution is 2.23. The molecule has 1 aliphatic heterocycles. The molecule has 0 aliphatic carbocycles. The van der Waals surface area contributed by atoms with Gasteiger partial charge in [-0.15, -0.1) is 0 Å². The second-order valence-electron chi connectivity index (χ2n) is 4.00. The molecule has 0 N–H and O–H groups in total. The molecule has 0 amide bonds. The van der Waals surface area contributed by atoms with Crippen molar-refractivity contribution < 1.29 is 8.42 Å². The molecule has 1 unspecified atom stereocenters. The van der Waals surface area contributed by atoms with E-state index in [-0.39, 0.29) is 5.25 Å². The van der Waals surface area contributed by atoms with Gasteiger partial charge in [-0.05, 0) is 30.9 Å². The first-order valence-corrected chi connectivity index (χ1v) is 6.90. The zero-order valence-corrected chi connectivity index (χ0v) is 9.57. The second-order valence-corrected chi connectivity index (χ2v) is 6.40. The Morgan fingerprint density at radius 1 is 1.50 bits per heavy atom. The van der Waals surface area contributed by atoms with Crippen molar-refractivity contribution in [2.45, 2.75) is 24.5 Å². The zero-order valence-electron chi connectivity index (χ0n) is 8.76. The number of pyridine rings is 1. The van der Waals surface area contributed by atoms with E-state index in [1.54, 1.807) is 18.3 Å². The Morgan fingerprint density at radius 2 is 2.31 bits per heavy atom. The minimum absolute atomic E-state index is 0.262. The normalized spacial score (nSPS) is 22.8. The van der Waals surface area contributed by atoms with E-state index >= 15 is 0 Å². The van der Waals surface area contributed by atoms with Gasteiger partial charge in [0.15, 0.2) is 9.84 Å². The van der Waals surface area contributed by atoms with Gasteiger partial charge < -0.3 is 0 Å². The SMILES string of the molecule is N#Cc1ccc(CC2CCCS2(=O)=O)cn1. The molecule has 2 rings (SSSR count). The molecule has 1 aliphatic rings. The highest BCUT2D eigenvalue weighted by Gasteiger charge is 2.31. The van der Waals surface area contributed by atoms with Gasteiger partial charge in [0.1, 0.15) is 11.8 Å². The van der Waals surface area contributed by atoms with E-state index in [1.165, 1.54) is 0 Å². The first-order chi connectivity index (χ1) is 7.62. The fourth-order valence-corrected chi connectivity index (χ4v) is 3.84. The highest BCUT2D eigenvalue weighted by molar-refractivity contribution is 7.92. The minimum atomic E-state index is -2.89. The van der Waals surface area contributed by atoms with Gasteiger partial charge in [0, 0.05) is 6.20 Å². The van der Waals surface area contributed by atoms with Crippen LogP contribution in [0.25, 0.3) is 0 Å². The van der Waals surface area contributed by atoms with Crippen molar-refractivity contribution >= 4 is 9.84 Å². The third kappa shape index (κ3) is 2.22. The smallest absolute Gasteiger partial charge is 0.153 e. The number of nitriles is 1. The van der Waals surface area contributed by atoms with E-state index < -0.39 is 9.84 Å². The Bertz CT molecular complexity index is 514. The summed E-state index contributed by atoms with van der Waals surface area (Å²) in [5.41, 5.74) is 1.24. The first kappa shape index (κ1) is 11.1. The standard InChI is InChI=1S/C11H12N2O2S/c12-7-10-4-3-9(8-13-10)6-11-2-1-5-16(11,14)15/h3-4,8,11H,1-2,5-6H2. The van der Waals surface area contributed by atoms with Crippen LogP contribution in [-0.4, -0.2) is 24.4 Å². The second kappa shape index (κ2) is 4.22. The van der Waals surface area contributed by atoms with Crippen LogP contribution in [0.1, 0.15) is 24.1 Å². The van der Waals surface area contributed by atoms with Crippen molar-refractivity contribution in [1.82, 2.24) is 4.98 Å². The van der Waals surface area contributed by atoms with E-state index in [2.05, 4.69) is 4.98 Å². The maximum atomic E-state index is 11.6. The maximum Gasteiger partial charge on any atom is 0.153 e. The molecular weight excluding hydrogens is 224 g/mol. The molecule has 16 heavy (non-hydrogen) atoms. The van der Waals surface area contributed by atoms with E-state index in [9.17, 15) is 8.42 Å². The van der Waals surface area contributed by atoms with Gasteiger partial charge in [-0.1, -0.05) is 6.07 Å². The molecule has 0 saturated carbocycles. The van der Waals surface area contributed by atoms with Crippen molar-refractivity contribution in [2.75, 3.05) is 5.75 Å². The van der Waals surface area contributed by atoms with Crippen LogP contribution in [0.3, 0.4) is 0 Å². The van der Waals surface area contributed by atoms with Crippen molar-refractivity contribution in [1.29, 1.82) is 5.26 Å². The maximum absolute atomic E-state index is 11.6. The summed E-state index contributed by atoms with van der Waals surface area (Å²) in [4.78, 5) is 3.93. The Balaban J connectivity index is 2.13. The summed E-state index contributed by atoms with van der Waals surface area (Å²) in [6, 6.07) is 5.33. The lowest BCUT2D eigenvalue weighted by atomic mass is 10.1. The molecule has 0 aromatic carbocycles. The van der Waals surface area contributed by atoms with Crippen LogP contribution in [-0.2, 0) is 16.3 Å². The lowest BCUT2D eigenvalue weighted by Crippen LogP contribution is -2.18. The molecule has 1 aromatic rings. The summed E-state index contributed by atoms with van der Waals surface area (Å²) in [6.45, 7) is 0. The van der Waals surface area contributed by atoms with Crippen LogP contribution in [0.4, 0.5) is 0 Å². The number of sulfone groups is 1. The summed E-state index contributed by atoms with van der Waals surface area (Å²) in [5.74, 6) is 0.307. The third-order valence-electron chi connectivity index (χ3n) is 2.87. The molecule has 0 radical (unpaired) electrons. The number of aromatic nitrogens is 1. The first-order valence-electron chi connectivity index (χ1n) is 5.18.